The summed E-state index contributed by atoms with van der Waals surface area (Å²) in [5.41, 5.74) is 6.36. The molecule has 0 saturated carbocycles. The zero-order valence-corrected chi connectivity index (χ0v) is 8.34. The lowest BCUT2D eigenvalue weighted by Crippen LogP contribution is -2.42. The molecule has 6 nitrogen and oxygen atoms in total. The quantitative estimate of drug-likeness (QED) is 0.691. The van der Waals surface area contributed by atoms with Gasteiger partial charge in [-0.15, -0.1) is 0 Å². The van der Waals surface area contributed by atoms with E-state index >= 15 is 0 Å². The number of carbonyl (C=O) groups is 2. The summed E-state index contributed by atoms with van der Waals surface area (Å²) in [5.74, 6) is -1.07. The van der Waals surface area contributed by atoms with E-state index in [1.165, 1.54) is 0 Å². The van der Waals surface area contributed by atoms with Crippen LogP contribution < -0.4 is 15.4 Å². The van der Waals surface area contributed by atoms with Gasteiger partial charge in [0.15, 0.2) is 6.61 Å². The lowest BCUT2D eigenvalue weighted by molar-refractivity contribution is -0.137. The number of hydrogen-bond acceptors (Lipinski definition) is 4. The third-order valence-corrected chi connectivity index (χ3v) is 2.25. The Labute approximate surface area is 91.2 Å². The molecule has 1 heterocycles. The van der Waals surface area contributed by atoms with Crippen LogP contribution in [0.3, 0.4) is 0 Å². The number of fused-ring (bicyclic) bond motifs is 1. The molecule has 0 unspecified atom stereocenters. The van der Waals surface area contributed by atoms with Crippen LogP contribution in [0.25, 0.3) is 0 Å². The Morgan fingerprint density at radius 2 is 2.31 bits per heavy atom. The van der Waals surface area contributed by atoms with Crippen molar-refractivity contribution in [2.24, 2.45) is 0 Å². The Kier molecular flexibility index (Phi) is 2.40. The zero-order valence-electron chi connectivity index (χ0n) is 8.34. The summed E-state index contributed by atoms with van der Waals surface area (Å²) < 4.78 is 5.16. The Morgan fingerprint density at radius 3 is 3.00 bits per heavy atom. The first-order valence-corrected chi connectivity index (χ1v) is 4.63. The standard InChI is InChI=1S/C10H10N2O4/c11-6-2-1-3-7-10(6)12(4-9(14)15)8(13)5-16-7/h1-3H,4-5,11H2,(H,14,15). The highest BCUT2D eigenvalue weighted by Gasteiger charge is 2.28. The van der Waals surface area contributed by atoms with E-state index in [2.05, 4.69) is 0 Å². The Bertz CT molecular complexity index is 458. The molecule has 1 aromatic carbocycles. The maximum absolute atomic E-state index is 11.5. The van der Waals surface area contributed by atoms with Crippen LogP contribution >= 0.6 is 0 Å². The summed E-state index contributed by atoms with van der Waals surface area (Å²) >= 11 is 0. The maximum atomic E-state index is 11.5. The summed E-state index contributed by atoms with van der Waals surface area (Å²) in [4.78, 5) is 23.3. The van der Waals surface area contributed by atoms with Crippen LogP contribution in [0.1, 0.15) is 0 Å². The number of benzene rings is 1. The van der Waals surface area contributed by atoms with Crippen LogP contribution in [0.15, 0.2) is 18.2 Å². The number of carbonyl (C=O) groups excluding carboxylic acids is 1. The number of aliphatic carboxylic acids is 1. The first kappa shape index (κ1) is 10.3. The van der Waals surface area contributed by atoms with Crippen molar-refractivity contribution in [3.8, 4) is 5.75 Å². The second-order valence-electron chi connectivity index (χ2n) is 3.36. The minimum Gasteiger partial charge on any atom is -0.481 e. The normalized spacial score (nSPS) is 14.2. The van der Waals surface area contributed by atoms with Gasteiger partial charge in [0.25, 0.3) is 5.91 Å². The third-order valence-electron chi connectivity index (χ3n) is 2.25. The fourth-order valence-electron chi connectivity index (χ4n) is 1.59. The van der Waals surface area contributed by atoms with Crippen molar-refractivity contribution in [3.63, 3.8) is 0 Å². The monoisotopic (exact) mass is 222 g/mol. The molecule has 1 aliphatic heterocycles. The predicted molar refractivity (Wildman–Crippen MR) is 56.3 cm³/mol. The van der Waals surface area contributed by atoms with Gasteiger partial charge >= 0.3 is 5.97 Å². The van der Waals surface area contributed by atoms with Crippen molar-refractivity contribution in [3.05, 3.63) is 18.2 Å². The SMILES string of the molecule is Nc1cccc2c1N(CC(=O)O)C(=O)CO2. The Morgan fingerprint density at radius 1 is 1.56 bits per heavy atom. The lowest BCUT2D eigenvalue weighted by atomic mass is 10.2. The number of nitrogens with two attached hydrogens (primary N) is 1. The molecular weight excluding hydrogens is 212 g/mol. The Hall–Kier alpha value is -2.24. The molecule has 0 aromatic heterocycles. The Balaban J connectivity index is 2.46. The largest absolute Gasteiger partial charge is 0.481 e. The highest BCUT2D eigenvalue weighted by atomic mass is 16.5. The molecule has 0 spiro atoms. The van der Waals surface area contributed by atoms with Crippen molar-refractivity contribution in [1.82, 2.24) is 0 Å². The molecule has 0 fully saturated rings. The van der Waals surface area contributed by atoms with Crippen LogP contribution in [-0.4, -0.2) is 30.1 Å². The number of amides is 1. The molecule has 0 radical (unpaired) electrons. The number of carboxylic acid groups (broad SMARTS) is 1. The van der Waals surface area contributed by atoms with E-state index in [-0.39, 0.29) is 6.61 Å². The maximum Gasteiger partial charge on any atom is 0.323 e. The summed E-state index contributed by atoms with van der Waals surface area (Å²) in [6.07, 6.45) is 0. The topological polar surface area (TPSA) is 92.9 Å². The molecule has 3 N–H and O–H groups in total. The number of rotatable bonds is 2. The van der Waals surface area contributed by atoms with Crippen molar-refractivity contribution in [2.75, 3.05) is 23.8 Å². The molecule has 84 valence electrons. The molecule has 16 heavy (non-hydrogen) atoms. The number of hydrogen-bond donors (Lipinski definition) is 2. The number of para-hydroxylation sites is 1. The van der Waals surface area contributed by atoms with Crippen molar-refractivity contribution < 1.29 is 19.4 Å². The summed E-state index contributed by atoms with van der Waals surface area (Å²) in [6, 6.07) is 4.92. The van der Waals surface area contributed by atoms with E-state index in [1.807, 2.05) is 0 Å². The first-order valence-electron chi connectivity index (χ1n) is 4.63. The molecular formula is C10H10N2O4. The smallest absolute Gasteiger partial charge is 0.323 e. The van der Waals surface area contributed by atoms with Crippen molar-refractivity contribution in [2.45, 2.75) is 0 Å². The molecule has 1 aliphatic rings. The number of ether oxygens (including phenoxy) is 1. The lowest BCUT2D eigenvalue weighted by Gasteiger charge is -2.29. The van der Waals surface area contributed by atoms with E-state index < -0.39 is 18.4 Å². The molecule has 2 rings (SSSR count). The van der Waals surface area contributed by atoms with E-state index in [0.717, 1.165) is 4.90 Å². The fraction of sp³-hybridized carbons (Fsp3) is 0.200. The molecule has 1 amide bonds. The van der Waals surface area contributed by atoms with Gasteiger partial charge in [-0.2, -0.15) is 0 Å². The third kappa shape index (κ3) is 1.65. The van der Waals surface area contributed by atoms with Gasteiger partial charge in [-0.25, -0.2) is 0 Å². The highest BCUT2D eigenvalue weighted by Crippen LogP contribution is 2.36. The van der Waals surface area contributed by atoms with Crippen LogP contribution in [0.4, 0.5) is 11.4 Å². The van der Waals surface area contributed by atoms with Gasteiger partial charge in [-0.1, -0.05) is 6.07 Å². The predicted octanol–water partition coefficient (Wildman–Crippen LogP) is 0.0788. The zero-order chi connectivity index (χ0) is 11.7. The van der Waals surface area contributed by atoms with E-state index in [9.17, 15) is 9.59 Å². The van der Waals surface area contributed by atoms with Gasteiger partial charge in [0, 0.05) is 0 Å². The average molecular weight is 222 g/mol. The molecule has 6 heteroatoms. The minimum atomic E-state index is -1.09. The molecule has 0 aliphatic carbocycles. The summed E-state index contributed by atoms with van der Waals surface area (Å²) in [6.45, 7) is -0.576. The van der Waals surface area contributed by atoms with Crippen molar-refractivity contribution >= 4 is 23.3 Å². The van der Waals surface area contributed by atoms with E-state index in [1.54, 1.807) is 18.2 Å². The van der Waals surface area contributed by atoms with Crippen LogP contribution in [0.5, 0.6) is 5.75 Å². The number of carboxylic acids is 1. The number of nitrogen functional groups attached to an aromatic ring is 1. The van der Waals surface area contributed by atoms with Gasteiger partial charge in [0.2, 0.25) is 0 Å². The van der Waals surface area contributed by atoms with Gasteiger partial charge in [0.05, 0.1) is 5.69 Å². The molecule has 0 atom stereocenters. The molecule has 1 aromatic rings. The van der Waals surface area contributed by atoms with Gasteiger partial charge in [0.1, 0.15) is 18.0 Å². The molecule has 0 saturated heterocycles. The van der Waals surface area contributed by atoms with Crippen molar-refractivity contribution in [1.29, 1.82) is 0 Å². The second kappa shape index (κ2) is 3.73. The first-order chi connectivity index (χ1) is 7.59. The van der Waals surface area contributed by atoms with Crippen LogP contribution in [0.2, 0.25) is 0 Å². The van der Waals surface area contributed by atoms with E-state index in [0.29, 0.717) is 17.1 Å². The van der Waals surface area contributed by atoms with Gasteiger partial charge < -0.3 is 15.6 Å². The van der Waals surface area contributed by atoms with Crippen LogP contribution in [0, 0.1) is 0 Å². The van der Waals surface area contributed by atoms with Gasteiger partial charge in [-0.3, -0.25) is 14.5 Å². The van der Waals surface area contributed by atoms with E-state index in [4.69, 9.17) is 15.6 Å². The summed E-state index contributed by atoms with van der Waals surface area (Å²) in [7, 11) is 0. The minimum absolute atomic E-state index is 0.163. The van der Waals surface area contributed by atoms with Crippen LogP contribution in [-0.2, 0) is 9.59 Å². The molecule has 0 bridgehead atoms. The van der Waals surface area contributed by atoms with Gasteiger partial charge in [-0.05, 0) is 12.1 Å². The second-order valence-corrected chi connectivity index (χ2v) is 3.36. The number of nitrogens with zero attached hydrogens (tertiary/aromatic N) is 1. The summed E-state index contributed by atoms with van der Waals surface area (Å²) in [5, 5.41) is 8.72. The number of anilines is 2. The highest BCUT2D eigenvalue weighted by molar-refractivity contribution is 6.03. The fourth-order valence-corrected chi connectivity index (χ4v) is 1.59. The average Bonchev–Trinajstić information content (AvgIpc) is 2.22.